The van der Waals surface area contributed by atoms with Crippen LogP contribution in [0.15, 0.2) is 72.8 Å². The zero-order valence-corrected chi connectivity index (χ0v) is 65.6. The van der Waals surface area contributed by atoms with Gasteiger partial charge in [-0.2, -0.15) is 0 Å². The number of fused-ring (bicyclic) bond motifs is 12. The van der Waals surface area contributed by atoms with Crippen molar-refractivity contribution in [2.75, 3.05) is 102 Å². The first-order valence-corrected chi connectivity index (χ1v) is 38.7. The number of methoxy groups -OCH3 is 6. The largest absolute Gasteiger partial charge is 0.502 e. The van der Waals surface area contributed by atoms with Crippen LogP contribution >= 0.6 is 0 Å². The fourth-order valence-corrected chi connectivity index (χ4v) is 17.9. The van der Waals surface area contributed by atoms with Crippen molar-refractivity contribution in [2.45, 2.75) is 168 Å². The Balaban J connectivity index is 0.000000146. The van der Waals surface area contributed by atoms with Gasteiger partial charge in [0.05, 0.1) is 148 Å². The van der Waals surface area contributed by atoms with E-state index in [0.717, 1.165) is 30.3 Å². The summed E-state index contributed by atoms with van der Waals surface area (Å²) in [6.07, 6.45) is -34.2. The lowest BCUT2D eigenvalue weighted by Crippen LogP contribution is -2.63. The van der Waals surface area contributed by atoms with Crippen LogP contribution in [0.5, 0.6) is 86.2 Å². The maximum absolute atomic E-state index is 13.8. The van der Waals surface area contributed by atoms with Gasteiger partial charge in [0.2, 0.25) is 37.5 Å². The van der Waals surface area contributed by atoms with E-state index in [1.54, 1.807) is 0 Å². The van der Waals surface area contributed by atoms with Crippen LogP contribution in [0.1, 0.15) is 148 Å². The molecule has 39 heteroatoms. The number of rotatable bonds is 15. The predicted molar refractivity (Wildman–Crippen MR) is 415 cm³/mol. The monoisotopic (exact) mass is 1790 g/mol. The minimum atomic E-state index is -3.20. The molecule has 12 aliphatic heterocycles. The molecular formula is C87H96O39. The lowest BCUT2D eigenvalue weighted by molar-refractivity contribution is -0.364. The van der Waals surface area contributed by atoms with Crippen LogP contribution in [0.25, 0.3) is 0 Å². The molecule has 15 aliphatic rings. The minimum absolute atomic E-state index is 0.0153. The van der Waals surface area contributed by atoms with Gasteiger partial charge >= 0.3 is 17.9 Å². The quantitative estimate of drug-likeness (QED) is 0.0518. The number of phenolic OH excluding ortho intramolecular Hbond substituents is 3. The summed E-state index contributed by atoms with van der Waals surface area (Å²) < 4.78 is 391. The molecule has 0 aromatic heterocycles. The molecule has 30 atom stereocenters. The van der Waals surface area contributed by atoms with Gasteiger partial charge in [0.25, 0.3) is 0 Å². The van der Waals surface area contributed by atoms with Crippen molar-refractivity contribution < 1.29 is 229 Å². The van der Waals surface area contributed by atoms with Gasteiger partial charge in [-0.3, -0.25) is 14.4 Å². The van der Waals surface area contributed by atoms with Crippen molar-refractivity contribution in [3.8, 4) is 86.2 Å². The van der Waals surface area contributed by atoms with Gasteiger partial charge in [-0.15, -0.1) is 0 Å². The summed E-state index contributed by atoms with van der Waals surface area (Å²) in [6, 6.07) is 13.5. The van der Waals surface area contributed by atoms with Gasteiger partial charge in [-0.1, -0.05) is 0 Å². The maximum atomic E-state index is 13.8. The van der Waals surface area contributed by atoms with Crippen LogP contribution in [0.2, 0.25) is 0 Å². The summed E-state index contributed by atoms with van der Waals surface area (Å²) >= 11 is 0. The van der Waals surface area contributed by atoms with Crippen LogP contribution in [0, 0.1) is 35.5 Å². The molecule has 9 N–H and O–H groups in total. The number of carbonyl (C=O) groups is 3. The molecule has 0 saturated carbocycles. The molecule has 21 rings (SSSR count). The van der Waals surface area contributed by atoms with Crippen LogP contribution in [0.3, 0.4) is 0 Å². The topological polar surface area (TPSA) is 482 Å². The van der Waals surface area contributed by atoms with E-state index in [1.807, 2.05) is 0 Å². The predicted octanol–water partition coefficient (Wildman–Crippen LogP) is 4.02. The molecule has 9 fully saturated rings. The number of carbonyl (C=O) groups excluding carboxylic acids is 3. The van der Waals surface area contributed by atoms with E-state index in [4.69, 9.17) is 166 Å². The Morgan fingerprint density at radius 2 is 0.651 bits per heavy atom. The van der Waals surface area contributed by atoms with Crippen LogP contribution in [0.4, 0.5) is 0 Å². The molecule has 39 nitrogen and oxygen atoms in total. The van der Waals surface area contributed by atoms with Gasteiger partial charge < -0.3 is 174 Å². The number of aliphatic hydroxyl groups excluding tert-OH is 6. The van der Waals surface area contributed by atoms with Crippen LogP contribution in [-0.4, -0.2) is 277 Å². The highest BCUT2D eigenvalue weighted by molar-refractivity contribution is 5.81. The number of benzene rings is 6. The molecule has 678 valence electrons. The Morgan fingerprint density at radius 3 is 1.02 bits per heavy atom. The Hall–Kier alpha value is -9.99. The van der Waals surface area contributed by atoms with Gasteiger partial charge in [0.1, 0.15) is 81.5 Å². The number of hydrogen-bond donors (Lipinski definition) is 9. The normalized spacial score (nSPS) is 44.7. The number of aromatic hydroxyl groups is 3. The number of cyclic esters (lactones) is 3. The SMILES string of the molecule is [2H]C([2H])([2H])Oc1cc([C@@H]2c3cc4c(cc3[C@@H](O[C@@H]3O[C@H]5[C@@H](O[C@H](C)OC5([2H])[2H])[C@H](O)[C@H]3O)[C@@H]3[C@@H]2C(=O)OC3([2H])[2H])OC([2H])([2H])O4)cc(OC([2H])([2H])[2H])c1O.[2H]C([2H])([2H])Oc1cc([C@]2([2H])c3cc4c(cc3[C@@H](O[C@@H]3O[C@H]5[C@@H](O[C@H](C)OC5([2H])[2H])[C@H](O)[C@H]3O)[C@H]3COC(=O)[C@@H]32)OC([2H])([2H])O4)cc(OC([2H])([2H])[2H])c1O.[2H]C1([2H])Oc2cc3c(cc2O1)[C@@]([2H])(c1cc(OC)c(O)c(OC)c1)[C@H]1C(=O)OC([2H])([2H])[C@@H]1[C@@H]3O[C@@H]1O[C@H]2[C@@H](O[C@H](C)OC2([2H])[2H])[C@H](O)[C@H]1O. The van der Waals surface area contributed by atoms with Gasteiger partial charge in [0.15, 0.2) is 107 Å². The molecule has 9 saturated heterocycles. The summed E-state index contributed by atoms with van der Waals surface area (Å²) in [4.78, 5) is 41.2. The van der Waals surface area contributed by atoms with Crippen molar-refractivity contribution in [3.05, 3.63) is 123 Å². The molecule has 12 heterocycles. The highest BCUT2D eigenvalue weighted by Gasteiger charge is 2.61. The standard InChI is InChI=1S/3C29H32O13/c3*1-11-36-9-20-27(40-11)24(31)25(32)29(41-20)42-26-14-7-17-16(38-10-39-17)6-13(14)21(22-15(26)8-37-28(22)33)12-4-18(34-2)23(30)19(5-12)35-3/h3*4-7,11,15,20-22,24-27,29-32H,8-10H2,1-3H3/t3*11-,15+,20-,21-,22+,24-,25-,26-,27-,29+/m111/s1/i2D3,3D3,9D2,10D2,21D;2D3,3D3,8D2,9D2,10D2;8D2,9D2,10D2,21D. The van der Waals surface area contributed by atoms with Crippen molar-refractivity contribution >= 4 is 17.9 Å². The van der Waals surface area contributed by atoms with E-state index in [1.165, 1.54) is 77.5 Å². The number of aliphatic hydroxyl groups is 6. The minimum Gasteiger partial charge on any atom is -0.502 e. The highest BCUT2D eigenvalue weighted by atomic mass is 16.8. The second-order valence-electron chi connectivity index (χ2n) is 30.7. The Kier molecular flexibility index (Phi) is 15.5. The summed E-state index contributed by atoms with van der Waals surface area (Å²) in [5.41, 5.74) is -0.998. The molecule has 0 spiro atoms. The number of esters is 3. The first-order valence-electron chi connectivity index (χ1n) is 53.7. The number of phenols is 3. The smallest absolute Gasteiger partial charge is 0.310 e. The first kappa shape index (κ1) is 57.0. The molecule has 0 radical (unpaired) electrons. The third-order valence-corrected chi connectivity index (χ3v) is 23.7. The molecule has 126 heavy (non-hydrogen) atoms. The van der Waals surface area contributed by atoms with Gasteiger partial charge in [0, 0.05) is 38.2 Å². The molecule has 6 aromatic rings. The van der Waals surface area contributed by atoms with Crippen molar-refractivity contribution in [3.63, 3.8) is 0 Å². The van der Waals surface area contributed by atoms with E-state index < -0.39 is 328 Å². The average molecular weight is 1800 g/mol. The zero-order valence-electron chi connectivity index (χ0n) is 95.6. The molecule has 3 aliphatic carbocycles. The van der Waals surface area contributed by atoms with Crippen molar-refractivity contribution in [1.29, 1.82) is 0 Å². The lowest BCUT2D eigenvalue weighted by Gasteiger charge is -2.47. The number of ether oxygens (including phenoxy) is 27. The second-order valence-corrected chi connectivity index (χ2v) is 30.7. The van der Waals surface area contributed by atoms with E-state index in [-0.39, 0.29) is 96.1 Å². The summed E-state index contributed by atoms with van der Waals surface area (Å²) in [5.74, 6) is -26.5. The van der Waals surface area contributed by atoms with Gasteiger partial charge in [-0.05, 0) is 144 Å². The molecule has 0 unspecified atom stereocenters. The maximum Gasteiger partial charge on any atom is 0.310 e. The Labute approximate surface area is 760 Å². The Bertz CT molecular complexity index is 6450. The molecular weight excluding hydrogens is 1670 g/mol. The molecule has 0 bridgehead atoms. The average Bonchev–Trinajstić information content (AvgIpc) is 1.50. The first-order chi connectivity index (χ1) is 72.0. The lowest BCUT2D eigenvalue weighted by atomic mass is 9.66. The third kappa shape index (κ3) is 14.8. The van der Waals surface area contributed by atoms with E-state index in [2.05, 4.69) is 0 Å². The summed E-state index contributed by atoms with van der Waals surface area (Å²) in [7, 11) is -10.3. The van der Waals surface area contributed by atoms with E-state index in [9.17, 15) is 63.1 Å². The molecule has 0 amide bonds. The summed E-state index contributed by atoms with van der Waals surface area (Å²) in [5, 5.41) is 98.9. The Morgan fingerprint density at radius 1 is 0.349 bits per heavy atom. The van der Waals surface area contributed by atoms with E-state index in [0.29, 0.717) is 0 Å². The van der Waals surface area contributed by atoms with Gasteiger partial charge in [-0.25, -0.2) is 0 Å². The van der Waals surface area contributed by atoms with E-state index >= 15 is 0 Å². The van der Waals surface area contributed by atoms with Crippen molar-refractivity contribution in [2.24, 2.45) is 35.5 Å². The second kappa shape index (κ2) is 34.2. The zero-order chi connectivity index (χ0) is 114. The molecule has 6 aromatic carbocycles. The third-order valence-electron chi connectivity index (χ3n) is 23.7. The van der Waals surface area contributed by atoms with Crippen molar-refractivity contribution in [1.82, 2.24) is 0 Å². The van der Waals surface area contributed by atoms with Crippen LogP contribution < -0.4 is 56.8 Å². The summed E-state index contributed by atoms with van der Waals surface area (Å²) in [6.45, 7) is -17.8. The fraction of sp³-hybridized carbons (Fsp3) is 0.552. The number of hydrogen-bond acceptors (Lipinski definition) is 39. The van der Waals surface area contributed by atoms with Crippen LogP contribution in [-0.2, 0) is 85.4 Å². The highest BCUT2D eigenvalue weighted by Crippen LogP contribution is 2.62. The fourth-order valence-electron chi connectivity index (χ4n) is 17.9.